The average Bonchev–Trinajstić information content (AvgIpc) is 3.03. The summed E-state index contributed by atoms with van der Waals surface area (Å²) in [4.78, 5) is 17.8. The first-order valence-electron chi connectivity index (χ1n) is 7.22. The fraction of sp³-hybridized carbons (Fsp3) is 0.714. The van der Waals surface area contributed by atoms with Crippen molar-refractivity contribution >= 4 is 29.7 Å². The highest BCUT2D eigenvalue weighted by molar-refractivity contribution is 7.11. The average molecular weight is 316 g/mol. The Bertz CT molecular complexity index is 461. The van der Waals surface area contributed by atoms with Gasteiger partial charge in [0.25, 0.3) is 0 Å². The third-order valence-electron chi connectivity index (χ3n) is 3.98. The quantitative estimate of drug-likeness (QED) is 0.816. The van der Waals surface area contributed by atoms with Gasteiger partial charge in [0.05, 0.1) is 16.2 Å². The summed E-state index contributed by atoms with van der Waals surface area (Å²) in [7, 11) is 0. The van der Waals surface area contributed by atoms with E-state index in [0.29, 0.717) is 6.54 Å². The van der Waals surface area contributed by atoms with Gasteiger partial charge in [-0.3, -0.25) is 4.79 Å². The summed E-state index contributed by atoms with van der Waals surface area (Å²) >= 11 is 1.86. The molecule has 3 rings (SSSR count). The van der Waals surface area contributed by atoms with Crippen molar-refractivity contribution in [2.24, 2.45) is 5.73 Å². The summed E-state index contributed by atoms with van der Waals surface area (Å²) in [5.41, 5.74) is 6.61. The second-order valence-electron chi connectivity index (χ2n) is 5.70. The van der Waals surface area contributed by atoms with Crippen molar-refractivity contribution < 1.29 is 4.79 Å². The number of fused-ring (bicyclic) bond motifs is 1. The fourth-order valence-electron chi connectivity index (χ4n) is 2.49. The van der Waals surface area contributed by atoms with E-state index in [-0.39, 0.29) is 18.3 Å². The first kappa shape index (κ1) is 15.7. The molecule has 1 aromatic heterocycles. The van der Waals surface area contributed by atoms with Gasteiger partial charge in [0.2, 0.25) is 5.91 Å². The van der Waals surface area contributed by atoms with Gasteiger partial charge in [-0.15, -0.1) is 23.7 Å². The molecular weight excluding hydrogens is 294 g/mol. The molecule has 4 nitrogen and oxygen atoms in total. The van der Waals surface area contributed by atoms with Crippen LogP contribution in [-0.2, 0) is 24.1 Å². The van der Waals surface area contributed by atoms with E-state index in [4.69, 9.17) is 10.7 Å². The van der Waals surface area contributed by atoms with Crippen molar-refractivity contribution in [1.82, 2.24) is 10.3 Å². The van der Waals surface area contributed by atoms with Gasteiger partial charge >= 0.3 is 0 Å². The number of carbonyl (C=O) groups is 1. The molecule has 1 fully saturated rings. The number of nitrogens with zero attached hydrogens (tertiary/aromatic N) is 1. The van der Waals surface area contributed by atoms with Crippen LogP contribution in [0.2, 0.25) is 0 Å². The van der Waals surface area contributed by atoms with Gasteiger partial charge < -0.3 is 11.1 Å². The topological polar surface area (TPSA) is 68.0 Å². The number of nitrogens with two attached hydrogens (primary N) is 1. The van der Waals surface area contributed by atoms with Gasteiger partial charge in [-0.2, -0.15) is 0 Å². The summed E-state index contributed by atoms with van der Waals surface area (Å²) < 4.78 is 0. The Morgan fingerprint density at radius 2 is 2.10 bits per heavy atom. The van der Waals surface area contributed by atoms with Crippen molar-refractivity contribution in [1.29, 1.82) is 0 Å². The van der Waals surface area contributed by atoms with Crippen molar-refractivity contribution in [2.45, 2.75) is 56.9 Å². The molecule has 0 unspecified atom stereocenters. The largest absolute Gasteiger partial charge is 0.354 e. The number of aryl methyl sites for hydroxylation is 3. The molecule has 20 heavy (non-hydrogen) atoms. The van der Waals surface area contributed by atoms with Crippen LogP contribution in [0.5, 0.6) is 0 Å². The van der Waals surface area contributed by atoms with Crippen LogP contribution in [0.15, 0.2) is 0 Å². The summed E-state index contributed by atoms with van der Waals surface area (Å²) in [5, 5.41) is 4.16. The fourth-order valence-corrected chi connectivity index (χ4v) is 3.69. The minimum absolute atomic E-state index is 0. The smallest absolute Gasteiger partial charge is 0.240 e. The molecule has 0 radical (unpaired) electrons. The Kier molecular flexibility index (Phi) is 5.04. The zero-order valence-corrected chi connectivity index (χ0v) is 13.2. The summed E-state index contributed by atoms with van der Waals surface area (Å²) in [6, 6.07) is 0. The van der Waals surface area contributed by atoms with Crippen LogP contribution in [0, 0.1) is 0 Å². The monoisotopic (exact) mass is 315 g/mol. The molecule has 0 bridgehead atoms. The lowest BCUT2D eigenvalue weighted by molar-refractivity contribution is -0.123. The van der Waals surface area contributed by atoms with Gasteiger partial charge in [0.15, 0.2) is 0 Å². The number of hydrogen-bond acceptors (Lipinski definition) is 4. The van der Waals surface area contributed by atoms with Crippen molar-refractivity contribution in [2.75, 3.05) is 6.54 Å². The molecule has 6 heteroatoms. The van der Waals surface area contributed by atoms with Crippen LogP contribution in [0.1, 0.15) is 47.7 Å². The number of thiazole rings is 1. The maximum Gasteiger partial charge on any atom is 0.240 e. The SMILES string of the molecule is Cl.NC1(C(=O)NCCCc2nc3c(s2)CCCC3)CC1. The Labute approximate surface area is 129 Å². The van der Waals surface area contributed by atoms with Gasteiger partial charge in [0.1, 0.15) is 0 Å². The summed E-state index contributed by atoms with van der Waals surface area (Å²) in [6.45, 7) is 0.710. The third kappa shape index (κ3) is 3.51. The van der Waals surface area contributed by atoms with Crippen molar-refractivity contribution in [3.8, 4) is 0 Å². The van der Waals surface area contributed by atoms with Crippen LogP contribution in [0.25, 0.3) is 0 Å². The number of rotatable bonds is 5. The maximum atomic E-state index is 11.6. The highest BCUT2D eigenvalue weighted by Crippen LogP contribution is 2.32. The lowest BCUT2D eigenvalue weighted by atomic mass is 10.0. The predicted molar refractivity (Wildman–Crippen MR) is 83.5 cm³/mol. The van der Waals surface area contributed by atoms with Crippen molar-refractivity contribution in [3.05, 3.63) is 15.6 Å². The zero-order valence-electron chi connectivity index (χ0n) is 11.6. The number of carbonyl (C=O) groups excluding carboxylic acids is 1. The van der Waals surface area contributed by atoms with Crippen LogP contribution >= 0.6 is 23.7 Å². The highest BCUT2D eigenvalue weighted by Gasteiger charge is 2.45. The van der Waals surface area contributed by atoms with E-state index in [1.165, 1.54) is 34.8 Å². The Morgan fingerprint density at radius 3 is 2.80 bits per heavy atom. The number of halogens is 1. The second-order valence-corrected chi connectivity index (χ2v) is 6.87. The molecule has 1 heterocycles. The number of nitrogens with one attached hydrogen (secondary N) is 1. The van der Waals surface area contributed by atoms with Crippen LogP contribution in [0.3, 0.4) is 0 Å². The molecule has 2 aliphatic carbocycles. The van der Waals surface area contributed by atoms with Gasteiger partial charge in [-0.05, 0) is 44.9 Å². The molecule has 2 aliphatic rings. The summed E-state index contributed by atoms with van der Waals surface area (Å²) in [5.74, 6) is 0.0194. The third-order valence-corrected chi connectivity index (χ3v) is 5.20. The van der Waals surface area contributed by atoms with E-state index >= 15 is 0 Å². The molecule has 0 saturated heterocycles. The maximum absolute atomic E-state index is 11.6. The lowest BCUT2D eigenvalue weighted by Crippen LogP contribution is -2.43. The zero-order chi connectivity index (χ0) is 13.3. The van der Waals surface area contributed by atoms with E-state index in [1.54, 1.807) is 0 Å². The van der Waals surface area contributed by atoms with Crippen LogP contribution < -0.4 is 11.1 Å². The molecule has 1 aromatic rings. The van der Waals surface area contributed by atoms with E-state index in [9.17, 15) is 4.79 Å². The minimum atomic E-state index is -0.541. The highest BCUT2D eigenvalue weighted by atomic mass is 35.5. The molecule has 1 amide bonds. The number of aromatic nitrogens is 1. The molecule has 112 valence electrons. The number of amides is 1. The molecule has 0 spiro atoms. The summed E-state index contributed by atoms with van der Waals surface area (Å²) in [6.07, 6.45) is 8.53. The van der Waals surface area contributed by atoms with Gasteiger partial charge in [-0.25, -0.2) is 4.98 Å². The van der Waals surface area contributed by atoms with Crippen LogP contribution in [0.4, 0.5) is 0 Å². The molecule has 0 aliphatic heterocycles. The molecule has 1 saturated carbocycles. The first-order valence-corrected chi connectivity index (χ1v) is 8.04. The van der Waals surface area contributed by atoms with E-state index in [1.807, 2.05) is 11.3 Å². The Hall–Kier alpha value is -0.650. The van der Waals surface area contributed by atoms with E-state index in [2.05, 4.69) is 5.32 Å². The van der Waals surface area contributed by atoms with Gasteiger partial charge in [0, 0.05) is 17.8 Å². The standard InChI is InChI=1S/C14H21N3OS.ClH/c15-14(7-8-14)13(18)16-9-3-6-12-17-10-4-1-2-5-11(10)19-12;/h1-9,15H2,(H,16,18);1H. The molecule has 0 atom stereocenters. The molecule has 0 aromatic carbocycles. The van der Waals surface area contributed by atoms with Crippen molar-refractivity contribution in [3.63, 3.8) is 0 Å². The predicted octanol–water partition coefficient (Wildman–Crippen LogP) is 1.98. The Morgan fingerprint density at radius 1 is 1.35 bits per heavy atom. The minimum Gasteiger partial charge on any atom is -0.354 e. The second kappa shape index (κ2) is 6.41. The van der Waals surface area contributed by atoms with E-state index < -0.39 is 5.54 Å². The normalized spacial score (nSPS) is 18.9. The van der Waals surface area contributed by atoms with E-state index in [0.717, 1.165) is 32.1 Å². The lowest BCUT2D eigenvalue weighted by Gasteiger charge is -2.09. The van der Waals surface area contributed by atoms with Crippen LogP contribution in [-0.4, -0.2) is 23.0 Å². The number of hydrogen-bond donors (Lipinski definition) is 2. The Balaban J connectivity index is 0.00000147. The molecule has 3 N–H and O–H groups in total. The first-order chi connectivity index (χ1) is 9.17. The molecular formula is C14H22ClN3OS. The van der Waals surface area contributed by atoms with Gasteiger partial charge in [-0.1, -0.05) is 0 Å².